The normalized spacial score (nSPS) is 10.8. The van der Waals surface area contributed by atoms with Crippen molar-refractivity contribution in [3.63, 3.8) is 0 Å². The molecular formula is C13H8BrIN2O2. The van der Waals surface area contributed by atoms with E-state index in [1.165, 1.54) is 6.07 Å². The zero-order valence-corrected chi connectivity index (χ0v) is 13.3. The molecule has 0 unspecified atom stereocenters. The highest BCUT2D eigenvalue weighted by Crippen LogP contribution is 2.25. The molecule has 0 fully saturated rings. The molecule has 0 atom stereocenters. The number of nitro benzene ring substituents is 1. The van der Waals surface area contributed by atoms with Crippen LogP contribution in [-0.4, -0.2) is 11.1 Å². The lowest BCUT2D eigenvalue weighted by molar-refractivity contribution is -0.385. The maximum atomic E-state index is 10.8. The lowest BCUT2D eigenvalue weighted by atomic mass is 10.2. The molecule has 0 amide bonds. The van der Waals surface area contributed by atoms with Gasteiger partial charge in [0.1, 0.15) is 0 Å². The van der Waals surface area contributed by atoms with E-state index in [1.807, 2.05) is 24.3 Å². The van der Waals surface area contributed by atoms with Crippen LogP contribution >= 0.6 is 38.5 Å². The molecule has 0 radical (unpaired) electrons. The molecule has 0 N–H and O–H groups in total. The van der Waals surface area contributed by atoms with E-state index in [4.69, 9.17) is 0 Å². The van der Waals surface area contributed by atoms with Gasteiger partial charge in [0.05, 0.1) is 15.1 Å². The number of hydrogen-bond acceptors (Lipinski definition) is 3. The molecule has 0 bridgehead atoms. The maximum Gasteiger partial charge on any atom is 0.284 e. The molecule has 0 aliphatic rings. The summed E-state index contributed by atoms with van der Waals surface area (Å²) in [5.41, 5.74) is 1.56. The Morgan fingerprint density at radius 1 is 1.26 bits per heavy atom. The fraction of sp³-hybridized carbons (Fsp3) is 0. The molecular weight excluding hydrogens is 423 g/mol. The van der Waals surface area contributed by atoms with Crippen molar-refractivity contribution in [1.29, 1.82) is 0 Å². The molecule has 2 rings (SSSR count). The van der Waals surface area contributed by atoms with E-state index in [2.05, 4.69) is 43.5 Å². The van der Waals surface area contributed by atoms with Crippen molar-refractivity contribution < 1.29 is 4.92 Å². The quantitative estimate of drug-likeness (QED) is 0.306. The zero-order valence-electron chi connectivity index (χ0n) is 9.59. The molecule has 6 heteroatoms. The predicted octanol–water partition coefficient (Wildman–Crippen LogP) is 4.71. The SMILES string of the molecule is O=[N+]([O-])c1cc(C=Nc2ccccc2I)ccc1Br. The van der Waals surface area contributed by atoms with Crippen molar-refractivity contribution >= 4 is 56.1 Å². The number of halogens is 2. The molecule has 0 aromatic heterocycles. The van der Waals surface area contributed by atoms with E-state index >= 15 is 0 Å². The Morgan fingerprint density at radius 3 is 2.68 bits per heavy atom. The van der Waals surface area contributed by atoms with Gasteiger partial charge in [-0.1, -0.05) is 18.2 Å². The average molecular weight is 431 g/mol. The lowest BCUT2D eigenvalue weighted by Gasteiger charge is -1.99. The first-order valence-electron chi connectivity index (χ1n) is 5.30. The zero-order chi connectivity index (χ0) is 13.8. The number of hydrogen-bond donors (Lipinski definition) is 0. The molecule has 19 heavy (non-hydrogen) atoms. The monoisotopic (exact) mass is 430 g/mol. The number of aliphatic imine (C=N–C) groups is 1. The lowest BCUT2D eigenvalue weighted by Crippen LogP contribution is -1.91. The third kappa shape index (κ3) is 3.60. The van der Waals surface area contributed by atoms with Crippen LogP contribution in [0.3, 0.4) is 0 Å². The van der Waals surface area contributed by atoms with Crippen LogP contribution in [0.4, 0.5) is 11.4 Å². The Morgan fingerprint density at radius 2 is 2.00 bits per heavy atom. The highest BCUT2D eigenvalue weighted by molar-refractivity contribution is 14.1. The number of benzene rings is 2. The van der Waals surface area contributed by atoms with Crippen molar-refractivity contribution in [2.75, 3.05) is 0 Å². The Kier molecular flexibility index (Phi) is 4.65. The summed E-state index contributed by atoms with van der Waals surface area (Å²) in [5.74, 6) is 0. The summed E-state index contributed by atoms with van der Waals surface area (Å²) in [7, 11) is 0. The highest BCUT2D eigenvalue weighted by Gasteiger charge is 2.11. The Bertz CT molecular complexity index is 659. The minimum absolute atomic E-state index is 0.0340. The van der Waals surface area contributed by atoms with Gasteiger partial charge in [0.15, 0.2) is 0 Å². The second kappa shape index (κ2) is 6.25. The molecule has 0 spiro atoms. The maximum absolute atomic E-state index is 10.8. The number of nitro groups is 1. The van der Waals surface area contributed by atoms with E-state index < -0.39 is 4.92 Å². The number of nitrogens with zero attached hydrogens (tertiary/aromatic N) is 2. The van der Waals surface area contributed by atoms with E-state index in [1.54, 1.807) is 18.3 Å². The molecule has 4 nitrogen and oxygen atoms in total. The summed E-state index contributed by atoms with van der Waals surface area (Å²) in [6, 6.07) is 12.6. The Hall–Kier alpha value is -1.28. The van der Waals surface area contributed by atoms with Gasteiger partial charge in [-0.05, 0) is 62.3 Å². The Balaban J connectivity index is 2.32. The molecule has 0 aliphatic heterocycles. The average Bonchev–Trinajstić information content (AvgIpc) is 2.39. The van der Waals surface area contributed by atoms with Crippen LogP contribution in [0.25, 0.3) is 0 Å². The van der Waals surface area contributed by atoms with Crippen molar-refractivity contribution in [1.82, 2.24) is 0 Å². The van der Waals surface area contributed by atoms with Crippen LogP contribution in [0, 0.1) is 13.7 Å². The summed E-state index contributed by atoms with van der Waals surface area (Å²) in [5, 5.41) is 10.8. The van der Waals surface area contributed by atoms with Crippen LogP contribution in [0.5, 0.6) is 0 Å². The van der Waals surface area contributed by atoms with E-state index in [-0.39, 0.29) is 5.69 Å². The molecule has 0 saturated carbocycles. The largest absolute Gasteiger partial charge is 0.284 e. The van der Waals surface area contributed by atoms with Gasteiger partial charge < -0.3 is 0 Å². The minimum Gasteiger partial charge on any atom is -0.258 e. The third-order valence-corrected chi connectivity index (χ3v) is 3.95. The molecule has 2 aromatic rings. The van der Waals surface area contributed by atoms with Crippen LogP contribution in [0.2, 0.25) is 0 Å². The van der Waals surface area contributed by atoms with Gasteiger partial charge in [-0.3, -0.25) is 15.1 Å². The molecule has 0 aliphatic carbocycles. The van der Waals surface area contributed by atoms with Crippen molar-refractivity contribution in [2.24, 2.45) is 4.99 Å². The molecule has 0 heterocycles. The van der Waals surface area contributed by atoms with E-state index in [0.29, 0.717) is 10.0 Å². The highest BCUT2D eigenvalue weighted by atomic mass is 127. The standard InChI is InChI=1S/C13H8BrIN2O2/c14-10-6-5-9(7-13(10)17(18)19)8-16-12-4-2-1-3-11(12)15/h1-8H. The third-order valence-electron chi connectivity index (χ3n) is 2.37. The van der Waals surface area contributed by atoms with E-state index in [9.17, 15) is 10.1 Å². The molecule has 0 saturated heterocycles. The summed E-state index contributed by atoms with van der Waals surface area (Å²) in [4.78, 5) is 14.7. The molecule has 96 valence electrons. The first kappa shape index (κ1) is 14.1. The Labute approximate surface area is 132 Å². The van der Waals surface area contributed by atoms with Gasteiger partial charge in [-0.25, -0.2) is 0 Å². The van der Waals surface area contributed by atoms with Crippen molar-refractivity contribution in [2.45, 2.75) is 0 Å². The first-order valence-corrected chi connectivity index (χ1v) is 7.17. The van der Waals surface area contributed by atoms with Crippen LogP contribution in [-0.2, 0) is 0 Å². The van der Waals surface area contributed by atoms with Crippen LogP contribution in [0.1, 0.15) is 5.56 Å². The van der Waals surface area contributed by atoms with Gasteiger partial charge in [0.25, 0.3) is 5.69 Å². The summed E-state index contributed by atoms with van der Waals surface area (Å²) < 4.78 is 1.49. The van der Waals surface area contributed by atoms with Gasteiger partial charge in [-0.15, -0.1) is 0 Å². The number of rotatable bonds is 3. The van der Waals surface area contributed by atoms with E-state index in [0.717, 1.165) is 9.26 Å². The second-order valence-corrected chi connectivity index (χ2v) is 5.69. The number of para-hydroxylation sites is 1. The van der Waals surface area contributed by atoms with Crippen LogP contribution < -0.4 is 0 Å². The van der Waals surface area contributed by atoms with Gasteiger partial charge >= 0.3 is 0 Å². The van der Waals surface area contributed by atoms with Gasteiger partial charge in [0, 0.05) is 15.9 Å². The fourth-order valence-corrected chi connectivity index (χ4v) is 2.37. The molecule has 2 aromatic carbocycles. The summed E-state index contributed by atoms with van der Waals surface area (Å²) >= 11 is 5.35. The minimum atomic E-state index is -0.423. The summed E-state index contributed by atoms with van der Waals surface area (Å²) in [6.45, 7) is 0. The first-order chi connectivity index (χ1) is 9.08. The summed E-state index contributed by atoms with van der Waals surface area (Å²) in [6.07, 6.45) is 1.62. The van der Waals surface area contributed by atoms with Crippen molar-refractivity contribution in [3.05, 3.63) is 66.2 Å². The second-order valence-electron chi connectivity index (χ2n) is 3.68. The predicted molar refractivity (Wildman–Crippen MR) is 87.2 cm³/mol. The smallest absolute Gasteiger partial charge is 0.258 e. The van der Waals surface area contributed by atoms with Gasteiger partial charge in [-0.2, -0.15) is 0 Å². The topological polar surface area (TPSA) is 55.5 Å². The van der Waals surface area contributed by atoms with Gasteiger partial charge in [0.2, 0.25) is 0 Å². The van der Waals surface area contributed by atoms with Crippen molar-refractivity contribution in [3.8, 4) is 0 Å². The fourth-order valence-electron chi connectivity index (χ4n) is 1.45. The van der Waals surface area contributed by atoms with Crippen LogP contribution in [0.15, 0.2) is 51.9 Å².